The van der Waals surface area contributed by atoms with Crippen LogP contribution in [0.25, 0.3) is 11.0 Å². The van der Waals surface area contributed by atoms with Crippen LogP contribution in [0.4, 0.5) is 30.5 Å². The number of fused-ring (bicyclic) bond motifs is 1. The number of rotatable bonds is 5. The van der Waals surface area contributed by atoms with Crippen molar-refractivity contribution in [1.82, 2.24) is 9.55 Å². The molecule has 1 saturated carbocycles. The van der Waals surface area contributed by atoms with Crippen molar-refractivity contribution in [2.45, 2.75) is 59.4 Å². The number of amides is 1. The Morgan fingerprint density at radius 1 is 1.12 bits per heavy atom. The van der Waals surface area contributed by atoms with E-state index in [0.717, 1.165) is 30.3 Å². The van der Waals surface area contributed by atoms with Gasteiger partial charge in [0.2, 0.25) is 11.9 Å². The summed E-state index contributed by atoms with van der Waals surface area (Å²) in [7, 11) is 0. The zero-order chi connectivity index (χ0) is 24.7. The molecular formula is C25H29F3N4O2. The van der Waals surface area contributed by atoms with Crippen molar-refractivity contribution >= 4 is 34.3 Å². The Balaban J connectivity index is 1.72. The van der Waals surface area contributed by atoms with Gasteiger partial charge in [0.1, 0.15) is 5.75 Å². The fourth-order valence-corrected chi connectivity index (χ4v) is 5.20. The van der Waals surface area contributed by atoms with Crippen molar-refractivity contribution in [2.75, 3.05) is 10.6 Å². The number of carbonyl (C=O) groups excluding carboxylic acids is 1. The Bertz CT molecular complexity index is 1190. The molecule has 0 saturated heterocycles. The van der Waals surface area contributed by atoms with Crippen molar-refractivity contribution in [3.63, 3.8) is 0 Å². The van der Waals surface area contributed by atoms with Crippen LogP contribution in [0.2, 0.25) is 0 Å². The van der Waals surface area contributed by atoms with Gasteiger partial charge in [-0.2, -0.15) is 0 Å². The second-order valence-electron chi connectivity index (χ2n) is 9.95. The first kappa shape index (κ1) is 23.9. The van der Waals surface area contributed by atoms with Gasteiger partial charge in [-0.05, 0) is 73.1 Å². The Kier molecular flexibility index (Phi) is 6.22. The number of ether oxygens (including phenoxy) is 1. The summed E-state index contributed by atoms with van der Waals surface area (Å²) < 4.78 is 43.6. The van der Waals surface area contributed by atoms with Gasteiger partial charge in [0.15, 0.2) is 0 Å². The van der Waals surface area contributed by atoms with Gasteiger partial charge < -0.3 is 19.9 Å². The summed E-state index contributed by atoms with van der Waals surface area (Å²) in [5.74, 6) is 0.696. The number of imidazole rings is 1. The number of carbonyl (C=O) groups is 1. The van der Waals surface area contributed by atoms with E-state index >= 15 is 0 Å². The molecule has 1 heterocycles. The van der Waals surface area contributed by atoms with E-state index in [1.807, 2.05) is 18.2 Å². The molecule has 0 aliphatic heterocycles. The van der Waals surface area contributed by atoms with Crippen LogP contribution in [0.15, 0.2) is 42.5 Å². The third kappa shape index (κ3) is 5.63. The van der Waals surface area contributed by atoms with Crippen LogP contribution in [0.5, 0.6) is 5.75 Å². The molecule has 1 aliphatic rings. The van der Waals surface area contributed by atoms with Crippen molar-refractivity contribution < 1.29 is 22.7 Å². The van der Waals surface area contributed by atoms with Gasteiger partial charge in [0.05, 0.1) is 11.0 Å². The standard InChI is InChI=1S/C25H29F3N4O2/c1-15-11-19(14-24(3,4)13-15)32-22-10-7-18(29-16(2)33)12-21(22)31-23(32)30-17-5-8-20(9-6-17)34-25(26,27)28/h5-10,12,15,19H,11,13-14H2,1-4H3,(H,29,33)(H,30,31)/t15-,19-/m1/s1. The molecule has 4 rings (SSSR count). The molecule has 2 aromatic carbocycles. The van der Waals surface area contributed by atoms with Crippen LogP contribution in [0.3, 0.4) is 0 Å². The molecule has 0 bridgehead atoms. The molecule has 0 unspecified atom stereocenters. The number of benzene rings is 2. The van der Waals surface area contributed by atoms with E-state index in [2.05, 4.69) is 40.7 Å². The first-order chi connectivity index (χ1) is 15.9. The Hall–Kier alpha value is -3.23. The van der Waals surface area contributed by atoms with E-state index in [1.54, 1.807) is 0 Å². The highest BCUT2D eigenvalue weighted by molar-refractivity contribution is 5.92. The molecule has 9 heteroatoms. The summed E-state index contributed by atoms with van der Waals surface area (Å²) in [6.45, 7) is 8.26. The highest BCUT2D eigenvalue weighted by Gasteiger charge is 2.35. The van der Waals surface area contributed by atoms with Gasteiger partial charge in [-0.1, -0.05) is 20.8 Å². The lowest BCUT2D eigenvalue weighted by atomic mass is 9.70. The van der Waals surface area contributed by atoms with Crippen molar-refractivity contribution in [1.29, 1.82) is 0 Å². The minimum Gasteiger partial charge on any atom is -0.406 e. The fourth-order valence-electron chi connectivity index (χ4n) is 5.20. The number of halogens is 3. The van der Waals surface area contributed by atoms with Gasteiger partial charge in [-0.3, -0.25) is 4.79 Å². The van der Waals surface area contributed by atoms with E-state index in [0.29, 0.717) is 23.2 Å². The third-order valence-electron chi connectivity index (χ3n) is 6.08. The average molecular weight is 475 g/mol. The molecule has 1 aromatic heterocycles. The van der Waals surface area contributed by atoms with Crippen LogP contribution in [-0.2, 0) is 4.79 Å². The zero-order valence-corrected chi connectivity index (χ0v) is 19.7. The fraction of sp³-hybridized carbons (Fsp3) is 0.440. The molecule has 1 amide bonds. The highest BCUT2D eigenvalue weighted by Crippen LogP contribution is 2.46. The molecule has 182 valence electrons. The lowest BCUT2D eigenvalue weighted by Gasteiger charge is -2.40. The summed E-state index contributed by atoms with van der Waals surface area (Å²) >= 11 is 0. The summed E-state index contributed by atoms with van der Waals surface area (Å²) in [6.07, 6.45) is -1.62. The predicted molar refractivity (Wildman–Crippen MR) is 126 cm³/mol. The molecular weight excluding hydrogens is 445 g/mol. The Morgan fingerprint density at radius 3 is 2.41 bits per heavy atom. The normalized spacial score (nSPS) is 20.2. The maximum atomic E-state index is 12.5. The average Bonchev–Trinajstić information content (AvgIpc) is 3.03. The SMILES string of the molecule is CC(=O)Nc1ccc2c(c1)nc(Nc1ccc(OC(F)(F)F)cc1)n2[C@@H]1C[C@@H](C)CC(C)(C)C1. The maximum absolute atomic E-state index is 12.5. The van der Waals surface area contributed by atoms with Gasteiger partial charge in [0.25, 0.3) is 0 Å². The summed E-state index contributed by atoms with van der Waals surface area (Å²) in [5, 5.41) is 6.06. The number of aromatic nitrogens is 2. The van der Waals surface area contributed by atoms with E-state index < -0.39 is 6.36 Å². The van der Waals surface area contributed by atoms with Crippen molar-refractivity contribution in [3.8, 4) is 5.75 Å². The summed E-state index contributed by atoms with van der Waals surface area (Å²) in [6, 6.07) is 11.4. The molecule has 1 fully saturated rings. The third-order valence-corrected chi connectivity index (χ3v) is 6.08. The van der Waals surface area contributed by atoms with Crippen molar-refractivity contribution in [3.05, 3.63) is 42.5 Å². The van der Waals surface area contributed by atoms with Gasteiger partial charge >= 0.3 is 6.36 Å². The minimum atomic E-state index is -4.74. The monoisotopic (exact) mass is 474 g/mol. The number of anilines is 3. The largest absolute Gasteiger partial charge is 0.573 e. The van der Waals surface area contributed by atoms with Crippen LogP contribution < -0.4 is 15.4 Å². The topological polar surface area (TPSA) is 68.2 Å². The van der Waals surface area contributed by atoms with Gasteiger partial charge in [-0.15, -0.1) is 13.2 Å². The van der Waals surface area contributed by atoms with E-state index in [4.69, 9.17) is 4.98 Å². The van der Waals surface area contributed by atoms with E-state index in [9.17, 15) is 18.0 Å². The molecule has 2 atom stereocenters. The van der Waals surface area contributed by atoms with Crippen LogP contribution in [0.1, 0.15) is 53.0 Å². The quantitative estimate of drug-likeness (QED) is 0.417. The number of nitrogens with zero attached hydrogens (tertiary/aromatic N) is 2. The molecule has 34 heavy (non-hydrogen) atoms. The van der Waals surface area contributed by atoms with E-state index in [1.165, 1.54) is 31.2 Å². The summed E-state index contributed by atoms with van der Waals surface area (Å²) in [4.78, 5) is 16.3. The van der Waals surface area contributed by atoms with Crippen LogP contribution in [0, 0.1) is 11.3 Å². The Labute approximate surface area is 196 Å². The van der Waals surface area contributed by atoms with Crippen LogP contribution in [-0.4, -0.2) is 21.8 Å². The predicted octanol–water partition coefficient (Wildman–Crippen LogP) is 7.02. The first-order valence-electron chi connectivity index (χ1n) is 11.3. The lowest BCUT2D eigenvalue weighted by molar-refractivity contribution is -0.274. The van der Waals surface area contributed by atoms with Gasteiger partial charge in [0, 0.05) is 24.3 Å². The lowest BCUT2D eigenvalue weighted by Crippen LogP contribution is -2.29. The smallest absolute Gasteiger partial charge is 0.406 e. The molecule has 0 radical (unpaired) electrons. The van der Waals surface area contributed by atoms with Gasteiger partial charge in [-0.25, -0.2) is 4.98 Å². The molecule has 3 aromatic rings. The Morgan fingerprint density at radius 2 is 1.79 bits per heavy atom. The zero-order valence-electron chi connectivity index (χ0n) is 19.7. The highest BCUT2D eigenvalue weighted by atomic mass is 19.4. The second kappa shape index (κ2) is 8.85. The minimum absolute atomic E-state index is 0.166. The van der Waals surface area contributed by atoms with Crippen LogP contribution >= 0.6 is 0 Å². The number of hydrogen-bond donors (Lipinski definition) is 2. The number of nitrogens with one attached hydrogen (secondary N) is 2. The summed E-state index contributed by atoms with van der Waals surface area (Å²) in [5.41, 5.74) is 3.08. The maximum Gasteiger partial charge on any atom is 0.573 e. The molecule has 2 N–H and O–H groups in total. The first-order valence-corrected chi connectivity index (χ1v) is 11.3. The van der Waals surface area contributed by atoms with Crippen molar-refractivity contribution in [2.24, 2.45) is 11.3 Å². The molecule has 0 spiro atoms. The molecule has 6 nitrogen and oxygen atoms in total. The van der Waals surface area contributed by atoms with E-state index in [-0.39, 0.29) is 23.1 Å². The molecule has 1 aliphatic carbocycles. The second-order valence-corrected chi connectivity index (χ2v) is 9.95. The number of hydrogen-bond acceptors (Lipinski definition) is 4. The number of alkyl halides is 3.